The molecule has 0 spiro atoms. The van der Waals surface area contributed by atoms with Gasteiger partial charge in [0.25, 0.3) is 0 Å². The van der Waals surface area contributed by atoms with Crippen LogP contribution >= 0.6 is 63.7 Å². The second-order valence-corrected chi connectivity index (χ2v) is 9.08. The van der Waals surface area contributed by atoms with E-state index in [1.54, 1.807) is 0 Å². The van der Waals surface area contributed by atoms with E-state index >= 15 is 0 Å². The van der Waals surface area contributed by atoms with Gasteiger partial charge in [-0.25, -0.2) is 0 Å². The summed E-state index contributed by atoms with van der Waals surface area (Å²) in [6.45, 7) is 4.32. The summed E-state index contributed by atoms with van der Waals surface area (Å²) in [6, 6.07) is 7.80. The fourth-order valence-corrected chi connectivity index (χ4v) is 5.10. The highest BCUT2D eigenvalue weighted by molar-refractivity contribution is 9.11. The average molecular weight is 572 g/mol. The lowest BCUT2D eigenvalue weighted by molar-refractivity contribution is 0.462. The quantitative estimate of drug-likeness (QED) is 0.406. The normalized spacial score (nSPS) is 11.7. The molecule has 0 heterocycles. The van der Waals surface area contributed by atoms with Crippen molar-refractivity contribution in [3.8, 4) is 11.5 Å². The second kappa shape index (κ2) is 7.46. The molecule has 0 aliphatic heterocycles. The molecule has 2 nitrogen and oxygen atoms in total. The molecule has 2 rings (SSSR count). The predicted molar refractivity (Wildman–Crippen MR) is 108 cm³/mol. The fourth-order valence-electron chi connectivity index (χ4n) is 2.72. The fraction of sp³-hybridized carbons (Fsp3) is 0.294. The van der Waals surface area contributed by atoms with Crippen molar-refractivity contribution in [1.29, 1.82) is 0 Å². The number of hydrogen-bond donors (Lipinski definition) is 2. The van der Waals surface area contributed by atoms with E-state index in [0.717, 1.165) is 24.0 Å². The van der Waals surface area contributed by atoms with E-state index < -0.39 is 0 Å². The Bertz CT molecular complexity index is 640. The van der Waals surface area contributed by atoms with Gasteiger partial charge in [0.15, 0.2) is 0 Å². The third kappa shape index (κ3) is 3.80. The summed E-state index contributed by atoms with van der Waals surface area (Å²) in [7, 11) is 0. The lowest BCUT2D eigenvalue weighted by atomic mass is 9.73. The molecule has 0 amide bonds. The van der Waals surface area contributed by atoms with Gasteiger partial charge in [-0.2, -0.15) is 0 Å². The molecule has 0 atom stereocenters. The molecule has 2 aromatic rings. The van der Waals surface area contributed by atoms with Crippen LogP contribution in [0.4, 0.5) is 0 Å². The Morgan fingerprint density at radius 3 is 1.35 bits per heavy atom. The van der Waals surface area contributed by atoms with Crippen LogP contribution in [0.1, 0.15) is 37.8 Å². The minimum atomic E-state index is -0.258. The molecule has 2 N–H and O–H groups in total. The Morgan fingerprint density at radius 1 is 0.783 bits per heavy atom. The van der Waals surface area contributed by atoms with Crippen molar-refractivity contribution in [3.63, 3.8) is 0 Å². The smallest absolute Gasteiger partial charge is 0.143 e. The van der Waals surface area contributed by atoms with Crippen molar-refractivity contribution in [3.05, 3.63) is 53.3 Å². The summed E-state index contributed by atoms with van der Waals surface area (Å²) in [5, 5.41) is 20.0. The number of halogens is 4. The minimum absolute atomic E-state index is 0.195. The lowest BCUT2D eigenvalue weighted by Crippen LogP contribution is -2.23. The van der Waals surface area contributed by atoms with Crippen molar-refractivity contribution in [2.45, 2.75) is 32.1 Å². The van der Waals surface area contributed by atoms with Gasteiger partial charge < -0.3 is 10.2 Å². The zero-order valence-electron chi connectivity index (χ0n) is 12.6. The Kier molecular flexibility index (Phi) is 6.26. The third-order valence-electron chi connectivity index (χ3n) is 4.06. The Labute approximate surface area is 169 Å². The first-order valence-corrected chi connectivity index (χ1v) is 10.2. The first kappa shape index (κ1) is 19.3. The van der Waals surface area contributed by atoms with E-state index in [1.165, 1.54) is 0 Å². The van der Waals surface area contributed by atoms with Gasteiger partial charge in [0.2, 0.25) is 0 Å². The van der Waals surface area contributed by atoms with Crippen molar-refractivity contribution >= 4 is 63.7 Å². The summed E-state index contributed by atoms with van der Waals surface area (Å²) < 4.78 is 2.62. The van der Waals surface area contributed by atoms with Gasteiger partial charge in [0.1, 0.15) is 11.5 Å². The number of phenolic OH excluding ortho intramolecular Hbond substituents is 2. The number of rotatable bonds is 4. The first-order chi connectivity index (χ1) is 10.7. The van der Waals surface area contributed by atoms with Gasteiger partial charge in [-0.15, -0.1) is 0 Å². The van der Waals surface area contributed by atoms with Crippen LogP contribution in [0, 0.1) is 0 Å². The molecule has 2 aromatic carbocycles. The van der Waals surface area contributed by atoms with Crippen LogP contribution in [0.15, 0.2) is 42.2 Å². The molecule has 0 aromatic heterocycles. The summed E-state index contributed by atoms with van der Waals surface area (Å²) in [5.74, 6) is 0.390. The van der Waals surface area contributed by atoms with Gasteiger partial charge in [0, 0.05) is 5.41 Å². The maximum atomic E-state index is 9.98. The van der Waals surface area contributed by atoms with E-state index in [9.17, 15) is 10.2 Å². The molecular weight excluding hydrogens is 556 g/mol. The highest BCUT2D eigenvalue weighted by Gasteiger charge is 2.30. The molecule has 0 saturated heterocycles. The number of benzene rings is 2. The van der Waals surface area contributed by atoms with Crippen LogP contribution in [0.25, 0.3) is 0 Å². The largest absolute Gasteiger partial charge is 0.506 e. The number of aromatic hydroxyl groups is 2. The molecule has 0 fully saturated rings. The highest BCUT2D eigenvalue weighted by atomic mass is 79.9. The zero-order valence-corrected chi connectivity index (χ0v) is 19.0. The zero-order chi connectivity index (χ0) is 17.4. The molecule has 0 aliphatic carbocycles. The molecule has 23 heavy (non-hydrogen) atoms. The van der Waals surface area contributed by atoms with Gasteiger partial charge in [-0.3, -0.25) is 0 Å². The second-order valence-electron chi connectivity index (χ2n) is 5.66. The maximum absolute atomic E-state index is 9.98. The summed E-state index contributed by atoms with van der Waals surface area (Å²) in [6.07, 6.45) is 1.93. The number of hydrogen-bond acceptors (Lipinski definition) is 2. The summed E-state index contributed by atoms with van der Waals surface area (Å²) >= 11 is 13.7. The van der Waals surface area contributed by atoms with Crippen molar-refractivity contribution in [2.75, 3.05) is 0 Å². The van der Waals surface area contributed by atoms with E-state index in [2.05, 4.69) is 77.6 Å². The Hall–Kier alpha value is -0.0400. The topological polar surface area (TPSA) is 40.5 Å². The van der Waals surface area contributed by atoms with E-state index in [1.807, 2.05) is 24.3 Å². The van der Waals surface area contributed by atoms with Crippen LogP contribution in [0.2, 0.25) is 0 Å². The first-order valence-electron chi connectivity index (χ1n) is 7.07. The Balaban J connectivity index is 2.69. The van der Waals surface area contributed by atoms with Crippen LogP contribution in [-0.4, -0.2) is 10.2 Å². The van der Waals surface area contributed by atoms with Gasteiger partial charge >= 0.3 is 0 Å². The summed E-state index contributed by atoms with van der Waals surface area (Å²) in [4.78, 5) is 0. The molecule has 0 unspecified atom stereocenters. The molecule has 6 heteroatoms. The average Bonchev–Trinajstić information content (AvgIpc) is 2.49. The van der Waals surface area contributed by atoms with E-state index in [-0.39, 0.29) is 16.9 Å². The Morgan fingerprint density at radius 2 is 1.09 bits per heavy atom. The van der Waals surface area contributed by atoms with Gasteiger partial charge in [-0.1, -0.05) is 20.3 Å². The molecule has 0 aliphatic rings. The minimum Gasteiger partial charge on any atom is -0.506 e. The summed E-state index contributed by atoms with van der Waals surface area (Å²) in [5.41, 5.74) is 1.91. The van der Waals surface area contributed by atoms with Crippen LogP contribution < -0.4 is 0 Å². The van der Waals surface area contributed by atoms with E-state index in [4.69, 9.17) is 0 Å². The van der Waals surface area contributed by atoms with Crippen LogP contribution in [0.5, 0.6) is 11.5 Å². The predicted octanol–water partition coefficient (Wildman–Crippen LogP) is 7.25. The molecule has 0 radical (unpaired) electrons. The van der Waals surface area contributed by atoms with Gasteiger partial charge in [-0.05, 0) is 106 Å². The molecular formula is C17H16Br4O2. The molecule has 0 bridgehead atoms. The molecule has 124 valence electrons. The van der Waals surface area contributed by atoms with Crippen molar-refractivity contribution < 1.29 is 10.2 Å². The SMILES string of the molecule is CCCC(C)(c1cc(Br)c(O)c(Br)c1)c1cc(Br)c(O)c(Br)c1. The third-order valence-corrected chi connectivity index (χ3v) is 6.48. The lowest BCUT2D eigenvalue weighted by Gasteiger charge is -2.32. The van der Waals surface area contributed by atoms with E-state index in [0.29, 0.717) is 17.9 Å². The van der Waals surface area contributed by atoms with Crippen molar-refractivity contribution in [2.24, 2.45) is 0 Å². The maximum Gasteiger partial charge on any atom is 0.143 e. The molecule has 0 saturated carbocycles. The van der Waals surface area contributed by atoms with Gasteiger partial charge in [0.05, 0.1) is 17.9 Å². The number of phenols is 2. The van der Waals surface area contributed by atoms with Crippen LogP contribution in [-0.2, 0) is 5.41 Å². The van der Waals surface area contributed by atoms with Crippen molar-refractivity contribution in [1.82, 2.24) is 0 Å². The monoisotopic (exact) mass is 568 g/mol. The highest BCUT2D eigenvalue weighted by Crippen LogP contribution is 2.45. The standard InChI is InChI=1S/C17H16Br4O2/c1-3-4-17(2,9-5-11(18)15(22)12(19)6-9)10-7-13(20)16(23)14(21)8-10/h5-8,22-23H,3-4H2,1-2H3. The van der Waals surface area contributed by atoms with Crippen LogP contribution in [0.3, 0.4) is 0 Å².